The lowest BCUT2D eigenvalue weighted by Gasteiger charge is -2.69. The van der Waals surface area contributed by atoms with Gasteiger partial charge in [0.2, 0.25) is 5.91 Å². The predicted octanol–water partition coefficient (Wildman–Crippen LogP) is 3.47. The summed E-state index contributed by atoms with van der Waals surface area (Å²) in [5.74, 6) is -1.39. The van der Waals surface area contributed by atoms with Gasteiger partial charge in [-0.1, -0.05) is 0 Å². The van der Waals surface area contributed by atoms with Gasteiger partial charge in [-0.05, 0) is 49.3 Å². The molecule has 1 aliphatic heterocycles. The molecule has 6 rings (SSSR count). The molecule has 4 aliphatic rings. The highest BCUT2D eigenvalue weighted by atomic mass is 19.1. The molecule has 2 bridgehead atoms. The van der Waals surface area contributed by atoms with Crippen LogP contribution >= 0.6 is 0 Å². The Balaban J connectivity index is 1.30. The molecule has 0 spiro atoms. The fourth-order valence-corrected chi connectivity index (χ4v) is 5.32. The first-order chi connectivity index (χ1) is 13.8. The van der Waals surface area contributed by atoms with Crippen molar-refractivity contribution in [3.8, 4) is 6.07 Å². The van der Waals surface area contributed by atoms with Gasteiger partial charge in [-0.15, -0.1) is 0 Å². The summed E-state index contributed by atoms with van der Waals surface area (Å²) < 4.78 is 29.1. The Morgan fingerprint density at radius 1 is 1.28 bits per heavy atom. The number of carbonyl (C=O) groups is 1. The minimum Gasteiger partial charge on any atom is -0.272 e. The molecule has 1 aromatic carbocycles. The average Bonchev–Trinajstić information content (AvgIpc) is 3.22. The molecule has 6 nitrogen and oxygen atoms in total. The Labute approximate surface area is 166 Å². The molecule has 3 saturated carbocycles. The lowest BCUT2D eigenvalue weighted by molar-refractivity contribution is -0.223. The van der Waals surface area contributed by atoms with E-state index < -0.39 is 23.1 Å². The van der Waals surface area contributed by atoms with Crippen LogP contribution < -0.4 is 0 Å². The molecule has 2 heterocycles. The fraction of sp³-hybridized carbons (Fsp3) is 0.429. The second-order valence-corrected chi connectivity index (χ2v) is 8.63. The van der Waals surface area contributed by atoms with Crippen LogP contribution in [-0.4, -0.2) is 26.9 Å². The molecule has 1 aromatic heterocycles. The third kappa shape index (κ3) is 2.60. The zero-order chi connectivity index (χ0) is 20.4. The summed E-state index contributed by atoms with van der Waals surface area (Å²) in [6.45, 7) is 2.57. The van der Waals surface area contributed by atoms with Crippen LogP contribution in [-0.2, 0) is 11.3 Å². The second-order valence-electron chi connectivity index (χ2n) is 8.63. The van der Waals surface area contributed by atoms with E-state index in [0.29, 0.717) is 24.1 Å². The Bertz CT molecular complexity index is 1060. The van der Waals surface area contributed by atoms with Crippen LogP contribution in [0.3, 0.4) is 0 Å². The molecule has 1 atom stereocenters. The van der Waals surface area contributed by atoms with Gasteiger partial charge in [0.25, 0.3) is 0 Å². The zero-order valence-electron chi connectivity index (χ0n) is 15.9. The first-order valence-corrected chi connectivity index (χ1v) is 9.59. The summed E-state index contributed by atoms with van der Waals surface area (Å²) in [7, 11) is 0. The largest absolute Gasteiger partial charge is 0.272 e. The number of hydrogen-bond donors (Lipinski definition) is 0. The molecular weight excluding hydrogens is 376 g/mol. The van der Waals surface area contributed by atoms with Crippen LogP contribution in [0, 0.1) is 40.7 Å². The van der Waals surface area contributed by atoms with Crippen LogP contribution in [0.4, 0.5) is 8.78 Å². The number of aromatic nitrogens is 2. The summed E-state index contributed by atoms with van der Waals surface area (Å²) in [5.41, 5.74) is 1.42. The van der Waals surface area contributed by atoms with Gasteiger partial charge in [-0.25, -0.2) is 13.8 Å². The van der Waals surface area contributed by atoms with Crippen molar-refractivity contribution in [2.24, 2.45) is 15.9 Å². The molecule has 1 amide bonds. The molecule has 0 radical (unpaired) electrons. The average molecular weight is 395 g/mol. The van der Waals surface area contributed by atoms with E-state index in [4.69, 9.17) is 5.26 Å². The predicted molar refractivity (Wildman–Crippen MR) is 99.5 cm³/mol. The lowest BCUT2D eigenvalue weighted by atomic mass is 9.34. The summed E-state index contributed by atoms with van der Waals surface area (Å²) in [5, 5.41) is 19.0. The molecule has 8 heteroatoms. The summed E-state index contributed by atoms with van der Waals surface area (Å²) >= 11 is 0. The van der Waals surface area contributed by atoms with Crippen LogP contribution in [0.1, 0.15) is 48.5 Å². The maximum atomic E-state index is 13.6. The molecule has 29 heavy (non-hydrogen) atoms. The van der Waals surface area contributed by atoms with E-state index >= 15 is 0 Å². The number of rotatable bonds is 4. The minimum atomic E-state index is -0.657. The molecular formula is C21H19F2N5O. The van der Waals surface area contributed by atoms with Crippen molar-refractivity contribution in [1.29, 1.82) is 5.26 Å². The molecule has 3 aliphatic carbocycles. The van der Waals surface area contributed by atoms with Crippen LogP contribution in [0.5, 0.6) is 0 Å². The van der Waals surface area contributed by atoms with E-state index in [1.807, 2.05) is 11.6 Å². The number of nitrogens with zero attached hydrogens (tertiary/aromatic N) is 5. The smallest absolute Gasteiger partial charge is 0.249 e. The molecule has 3 fully saturated rings. The normalized spacial score (nSPS) is 29.3. The second kappa shape index (κ2) is 5.96. The SMILES string of the molecule is Cc1c(C#N)cnn1CC12CC(C(=O)N3N=CCC3c3cc(F)cc(F)c3)(C1)C2. The van der Waals surface area contributed by atoms with Crippen molar-refractivity contribution in [2.45, 2.75) is 45.2 Å². The van der Waals surface area contributed by atoms with Crippen molar-refractivity contribution in [3.63, 3.8) is 0 Å². The number of hydrazone groups is 1. The van der Waals surface area contributed by atoms with Crippen molar-refractivity contribution < 1.29 is 13.6 Å². The molecule has 2 aromatic rings. The summed E-state index contributed by atoms with van der Waals surface area (Å²) in [6.07, 6.45) is 5.88. The van der Waals surface area contributed by atoms with Crippen molar-refractivity contribution in [3.05, 3.63) is 52.9 Å². The van der Waals surface area contributed by atoms with Crippen molar-refractivity contribution in [1.82, 2.24) is 14.8 Å². The minimum absolute atomic E-state index is 0.0308. The number of amides is 1. The topological polar surface area (TPSA) is 74.3 Å². The fourth-order valence-electron chi connectivity index (χ4n) is 5.32. The van der Waals surface area contributed by atoms with Crippen LogP contribution in [0.25, 0.3) is 0 Å². The van der Waals surface area contributed by atoms with Gasteiger partial charge in [0.1, 0.15) is 17.7 Å². The van der Waals surface area contributed by atoms with Gasteiger partial charge in [-0.3, -0.25) is 9.48 Å². The number of benzene rings is 1. The van der Waals surface area contributed by atoms with Crippen LogP contribution in [0.15, 0.2) is 29.5 Å². The van der Waals surface area contributed by atoms with Crippen molar-refractivity contribution in [2.75, 3.05) is 0 Å². The van der Waals surface area contributed by atoms with E-state index in [2.05, 4.69) is 16.3 Å². The maximum absolute atomic E-state index is 13.6. The number of halogens is 2. The van der Waals surface area contributed by atoms with E-state index in [9.17, 15) is 13.6 Å². The first-order valence-electron chi connectivity index (χ1n) is 9.59. The van der Waals surface area contributed by atoms with E-state index in [1.54, 1.807) is 12.4 Å². The third-order valence-electron chi connectivity index (χ3n) is 6.61. The highest BCUT2D eigenvalue weighted by Gasteiger charge is 2.72. The third-order valence-corrected chi connectivity index (χ3v) is 6.61. The Hall–Kier alpha value is -3.08. The molecule has 0 N–H and O–H groups in total. The number of hydrogen-bond acceptors (Lipinski definition) is 4. The Kier molecular flexibility index (Phi) is 3.69. The molecule has 0 saturated heterocycles. The van der Waals surface area contributed by atoms with E-state index in [1.165, 1.54) is 17.1 Å². The Morgan fingerprint density at radius 2 is 1.97 bits per heavy atom. The number of carbonyl (C=O) groups excluding carboxylic acids is 1. The highest BCUT2D eigenvalue weighted by Crippen LogP contribution is 2.74. The van der Waals surface area contributed by atoms with Crippen LogP contribution in [0.2, 0.25) is 0 Å². The first kappa shape index (κ1) is 18.0. The maximum Gasteiger partial charge on any atom is 0.249 e. The Morgan fingerprint density at radius 3 is 2.59 bits per heavy atom. The van der Waals surface area contributed by atoms with Gasteiger partial charge in [0.05, 0.1) is 28.9 Å². The molecule has 1 unspecified atom stereocenters. The van der Waals surface area contributed by atoms with E-state index in [0.717, 1.165) is 31.0 Å². The van der Waals surface area contributed by atoms with Gasteiger partial charge in [0, 0.05) is 25.2 Å². The lowest BCUT2D eigenvalue weighted by Crippen LogP contribution is -2.68. The van der Waals surface area contributed by atoms with Gasteiger partial charge < -0.3 is 0 Å². The van der Waals surface area contributed by atoms with Gasteiger partial charge in [-0.2, -0.15) is 15.5 Å². The standard InChI is InChI=1S/C21H19F2N5O/c1-13-15(7-24)8-26-27(13)12-20-9-21(10-20,11-20)19(29)28-18(2-3-25-28)14-4-16(22)6-17(23)5-14/h3-6,8,18H,2,9-12H2,1H3. The zero-order valence-corrected chi connectivity index (χ0v) is 15.9. The monoisotopic (exact) mass is 395 g/mol. The highest BCUT2D eigenvalue weighted by molar-refractivity contribution is 5.88. The van der Waals surface area contributed by atoms with Gasteiger partial charge >= 0.3 is 0 Å². The summed E-state index contributed by atoms with van der Waals surface area (Å²) in [6, 6.07) is 5.01. The van der Waals surface area contributed by atoms with E-state index in [-0.39, 0.29) is 11.3 Å². The summed E-state index contributed by atoms with van der Waals surface area (Å²) in [4.78, 5) is 13.2. The van der Waals surface area contributed by atoms with Gasteiger partial charge in [0.15, 0.2) is 0 Å². The van der Waals surface area contributed by atoms with Crippen molar-refractivity contribution >= 4 is 12.1 Å². The molecule has 148 valence electrons. The number of nitriles is 1. The quantitative estimate of drug-likeness (QED) is 0.796.